The van der Waals surface area contributed by atoms with Crippen LogP contribution in [0.5, 0.6) is 5.75 Å². The molecule has 0 radical (unpaired) electrons. The summed E-state index contributed by atoms with van der Waals surface area (Å²) in [5.74, 6) is -0.778. The lowest BCUT2D eigenvalue weighted by atomic mass is 10.1. The molecule has 7 heteroatoms. The second-order valence-corrected chi connectivity index (χ2v) is 7.19. The van der Waals surface area contributed by atoms with E-state index in [0.717, 1.165) is 0 Å². The Hall–Kier alpha value is -2.60. The van der Waals surface area contributed by atoms with Crippen LogP contribution in [0.25, 0.3) is 17.0 Å². The van der Waals surface area contributed by atoms with Crippen molar-refractivity contribution in [2.75, 3.05) is 7.11 Å². The summed E-state index contributed by atoms with van der Waals surface area (Å²) in [6, 6.07) is 4.53. The van der Waals surface area contributed by atoms with Crippen molar-refractivity contribution < 1.29 is 14.3 Å². The molecule has 0 fully saturated rings. The van der Waals surface area contributed by atoms with Crippen molar-refractivity contribution in [2.24, 2.45) is 0 Å². The molecule has 1 heterocycles. The molecule has 26 heavy (non-hydrogen) atoms. The molecule has 0 aliphatic rings. The second-order valence-electron chi connectivity index (χ2n) is 6.75. The van der Waals surface area contributed by atoms with E-state index in [1.165, 1.54) is 32.2 Å². The zero-order valence-corrected chi connectivity index (χ0v) is 16.0. The summed E-state index contributed by atoms with van der Waals surface area (Å²) in [5.41, 5.74) is -1.34. The molecule has 2 rings (SSSR count). The third-order valence-corrected chi connectivity index (χ3v) is 3.69. The van der Waals surface area contributed by atoms with Crippen LogP contribution >= 0.6 is 11.6 Å². The molecule has 0 saturated heterocycles. The molecular weight excluding hydrogens is 358 g/mol. The highest BCUT2D eigenvalue weighted by Gasteiger charge is 2.19. The third kappa shape index (κ3) is 4.32. The summed E-state index contributed by atoms with van der Waals surface area (Å²) in [4.78, 5) is 40.2. The predicted molar refractivity (Wildman–Crippen MR) is 102 cm³/mol. The van der Waals surface area contributed by atoms with Crippen LogP contribution in [0, 0.1) is 0 Å². The molecule has 0 aliphatic heterocycles. The van der Waals surface area contributed by atoms with E-state index in [-0.39, 0.29) is 27.8 Å². The number of halogens is 1. The fraction of sp³-hybridized carbons (Fsp3) is 0.316. The number of rotatable bonds is 3. The number of H-pyrrole nitrogens is 1. The highest BCUT2D eigenvalue weighted by atomic mass is 35.5. The van der Waals surface area contributed by atoms with Crippen molar-refractivity contribution in [1.82, 2.24) is 4.98 Å². The van der Waals surface area contributed by atoms with Gasteiger partial charge < -0.3 is 14.5 Å². The first-order valence-electron chi connectivity index (χ1n) is 7.89. The lowest BCUT2D eigenvalue weighted by molar-refractivity contribution is -0.149. The molecule has 1 aromatic heterocycles. The van der Waals surface area contributed by atoms with Gasteiger partial charge in [0, 0.05) is 16.0 Å². The number of hydrogen-bond acceptors (Lipinski definition) is 5. The number of esters is 1. The van der Waals surface area contributed by atoms with Crippen LogP contribution in [0.3, 0.4) is 0 Å². The maximum Gasteiger partial charge on any atom is 0.334 e. The van der Waals surface area contributed by atoms with Crippen molar-refractivity contribution >= 4 is 34.5 Å². The first-order valence-corrected chi connectivity index (χ1v) is 8.27. The van der Waals surface area contributed by atoms with Gasteiger partial charge >= 0.3 is 5.97 Å². The van der Waals surface area contributed by atoms with Gasteiger partial charge in [0.15, 0.2) is 11.2 Å². The number of methoxy groups -OCH3 is 1. The second kappa shape index (κ2) is 7.33. The molecule has 0 spiro atoms. The van der Waals surface area contributed by atoms with E-state index in [1.54, 1.807) is 26.8 Å². The Kier molecular flexibility index (Phi) is 5.56. The molecule has 0 bridgehead atoms. The van der Waals surface area contributed by atoms with Gasteiger partial charge in [-0.05, 0) is 52.0 Å². The average Bonchev–Trinajstić information content (AvgIpc) is 2.60. The Morgan fingerprint density at radius 2 is 1.88 bits per heavy atom. The molecule has 1 N–H and O–H groups in total. The molecule has 138 valence electrons. The lowest BCUT2D eigenvalue weighted by Crippen LogP contribution is -2.24. The Labute approximate surface area is 155 Å². The van der Waals surface area contributed by atoms with Gasteiger partial charge in [-0.25, -0.2) is 4.79 Å². The Balaban J connectivity index is 2.78. The van der Waals surface area contributed by atoms with Crippen LogP contribution in [-0.4, -0.2) is 23.7 Å². The Bertz CT molecular complexity index is 1020. The minimum atomic E-state index is -0.682. The smallest absolute Gasteiger partial charge is 0.334 e. The van der Waals surface area contributed by atoms with Gasteiger partial charge in [-0.3, -0.25) is 9.59 Å². The Morgan fingerprint density at radius 3 is 2.46 bits per heavy atom. The molecular formula is C19H20ClNO5. The first-order chi connectivity index (χ1) is 12.0. The predicted octanol–water partition coefficient (Wildman–Crippen LogP) is 3.30. The number of aromatic nitrogens is 1. The van der Waals surface area contributed by atoms with E-state index in [9.17, 15) is 14.4 Å². The number of hydrogen-bond donors (Lipinski definition) is 1. The maximum absolute atomic E-state index is 12.9. The van der Waals surface area contributed by atoms with Crippen molar-refractivity contribution in [1.29, 1.82) is 0 Å². The fourth-order valence-electron chi connectivity index (χ4n) is 2.34. The number of carbonyl (C=O) groups excluding carboxylic acids is 1. The lowest BCUT2D eigenvalue weighted by Gasteiger charge is -2.19. The van der Waals surface area contributed by atoms with Gasteiger partial charge in [-0.15, -0.1) is 0 Å². The molecule has 2 aromatic rings. The van der Waals surface area contributed by atoms with Crippen molar-refractivity contribution in [2.45, 2.75) is 33.3 Å². The number of nitrogens with one attached hydrogen (secondary N) is 1. The first kappa shape index (κ1) is 19.7. The number of carbonyl (C=O) groups is 1. The van der Waals surface area contributed by atoms with Crippen molar-refractivity contribution in [3.63, 3.8) is 0 Å². The molecule has 0 saturated carbocycles. The number of ether oxygens (including phenoxy) is 2. The van der Waals surface area contributed by atoms with Crippen LogP contribution in [0.1, 0.15) is 33.3 Å². The fourth-order valence-corrected chi connectivity index (χ4v) is 2.51. The van der Waals surface area contributed by atoms with E-state index in [0.29, 0.717) is 5.02 Å². The highest BCUT2D eigenvalue weighted by Crippen LogP contribution is 2.19. The van der Waals surface area contributed by atoms with Crippen molar-refractivity contribution in [3.05, 3.63) is 54.9 Å². The largest absolute Gasteiger partial charge is 0.491 e. The monoisotopic (exact) mass is 377 g/mol. The van der Waals surface area contributed by atoms with E-state index in [2.05, 4.69) is 4.98 Å². The van der Waals surface area contributed by atoms with Crippen LogP contribution in [0.2, 0.25) is 5.02 Å². The highest BCUT2D eigenvalue weighted by molar-refractivity contribution is 6.31. The topological polar surface area (TPSA) is 85.5 Å². The Morgan fingerprint density at radius 1 is 1.23 bits per heavy atom. The number of fused-ring (bicyclic) bond motifs is 1. The van der Waals surface area contributed by atoms with E-state index < -0.39 is 22.6 Å². The molecule has 0 unspecified atom stereocenters. The van der Waals surface area contributed by atoms with E-state index in [4.69, 9.17) is 21.1 Å². The number of benzene rings is 1. The van der Waals surface area contributed by atoms with Gasteiger partial charge in [0.2, 0.25) is 0 Å². The minimum Gasteiger partial charge on any atom is -0.491 e. The zero-order valence-electron chi connectivity index (χ0n) is 15.2. The summed E-state index contributed by atoms with van der Waals surface area (Å²) in [6.07, 6.45) is 1.30. The average molecular weight is 378 g/mol. The van der Waals surface area contributed by atoms with Crippen molar-refractivity contribution in [3.8, 4) is 5.75 Å². The molecule has 0 amide bonds. The molecule has 0 atom stereocenters. The third-order valence-electron chi connectivity index (χ3n) is 3.46. The molecule has 0 aliphatic carbocycles. The molecule has 6 nitrogen and oxygen atoms in total. The summed E-state index contributed by atoms with van der Waals surface area (Å²) < 4.78 is 10.4. The summed E-state index contributed by atoms with van der Waals surface area (Å²) in [6.45, 7) is 6.72. The van der Waals surface area contributed by atoms with E-state index >= 15 is 0 Å². The summed E-state index contributed by atoms with van der Waals surface area (Å²) >= 11 is 5.94. The maximum atomic E-state index is 12.9. The van der Waals surface area contributed by atoms with Crippen LogP contribution in [0.15, 0.2) is 33.4 Å². The number of aromatic amines is 1. The van der Waals surface area contributed by atoms with Gasteiger partial charge in [-0.1, -0.05) is 11.6 Å². The van der Waals surface area contributed by atoms with E-state index in [1.807, 2.05) is 0 Å². The van der Waals surface area contributed by atoms with Crippen LogP contribution in [0.4, 0.5) is 0 Å². The molecule has 1 aromatic carbocycles. The van der Waals surface area contributed by atoms with Gasteiger partial charge in [0.05, 0.1) is 18.2 Å². The standard InChI is InChI=1S/C19H20ClNO5/c1-10(18(24)26-19(2,3)4)8-13-15(22)12-7-6-11(20)9-14(12)21-17(23)16(13)25-5/h6-9H,1-5H3,(H,21,23)/b10-8+. The van der Waals surface area contributed by atoms with Gasteiger partial charge in [-0.2, -0.15) is 0 Å². The SMILES string of the molecule is COc1c(/C=C(\C)C(=O)OC(C)(C)C)c(=O)c2ccc(Cl)cc2[nH]c1=O. The zero-order chi connectivity index (χ0) is 19.6. The van der Waals surface area contributed by atoms with Crippen LogP contribution < -0.4 is 15.7 Å². The normalized spacial score (nSPS) is 12.2. The minimum absolute atomic E-state index is 0.0329. The van der Waals surface area contributed by atoms with Gasteiger partial charge in [0.25, 0.3) is 5.56 Å². The summed E-state index contributed by atoms with van der Waals surface area (Å²) in [7, 11) is 1.28. The van der Waals surface area contributed by atoms with Gasteiger partial charge in [0.1, 0.15) is 5.60 Å². The van der Waals surface area contributed by atoms with Crippen LogP contribution in [-0.2, 0) is 9.53 Å². The summed E-state index contributed by atoms with van der Waals surface area (Å²) in [5, 5.41) is 0.623. The quantitative estimate of drug-likeness (QED) is 0.655.